The summed E-state index contributed by atoms with van der Waals surface area (Å²) in [5.74, 6) is -0.0493. The topological polar surface area (TPSA) is 29.1 Å². The standard InChI is InChI=1S/C18H22F3NO/c1-17(2,12-22-16(23)13-7-4-3-5-8-13)14-9-6-10-15(11-14)18(19,20)21/h3-4,6,9-11,13H,5,7-8,12H2,1-2H3,(H,22,23). The molecule has 1 atom stereocenters. The molecular weight excluding hydrogens is 303 g/mol. The molecule has 5 heteroatoms. The van der Waals surface area contributed by atoms with Gasteiger partial charge in [0.25, 0.3) is 0 Å². The number of alkyl halides is 3. The number of hydrogen-bond donors (Lipinski definition) is 1. The number of carbonyl (C=O) groups excluding carboxylic acids is 1. The monoisotopic (exact) mass is 325 g/mol. The van der Waals surface area contributed by atoms with Gasteiger partial charge in [0.15, 0.2) is 0 Å². The fourth-order valence-electron chi connectivity index (χ4n) is 2.70. The summed E-state index contributed by atoms with van der Waals surface area (Å²) >= 11 is 0. The molecule has 1 aliphatic carbocycles. The van der Waals surface area contributed by atoms with Crippen molar-refractivity contribution in [1.82, 2.24) is 5.32 Å². The molecule has 0 aliphatic heterocycles. The quantitative estimate of drug-likeness (QED) is 0.814. The molecule has 0 aromatic heterocycles. The van der Waals surface area contributed by atoms with Gasteiger partial charge in [-0.1, -0.05) is 44.2 Å². The van der Waals surface area contributed by atoms with E-state index in [-0.39, 0.29) is 11.8 Å². The minimum atomic E-state index is -4.36. The second-order valence-corrected chi connectivity index (χ2v) is 6.66. The molecule has 0 heterocycles. The van der Waals surface area contributed by atoms with Gasteiger partial charge in [-0.05, 0) is 30.9 Å². The molecule has 1 aromatic rings. The van der Waals surface area contributed by atoms with Crippen molar-refractivity contribution in [2.24, 2.45) is 5.92 Å². The second kappa shape index (κ2) is 6.77. The molecule has 0 saturated heterocycles. The fourth-order valence-corrected chi connectivity index (χ4v) is 2.70. The highest BCUT2D eigenvalue weighted by atomic mass is 19.4. The van der Waals surface area contributed by atoms with Crippen molar-refractivity contribution in [3.8, 4) is 0 Å². The van der Waals surface area contributed by atoms with Crippen LogP contribution in [0.5, 0.6) is 0 Å². The zero-order valence-electron chi connectivity index (χ0n) is 13.4. The van der Waals surface area contributed by atoms with Gasteiger partial charge in [0, 0.05) is 17.9 Å². The summed E-state index contributed by atoms with van der Waals surface area (Å²) in [4.78, 5) is 12.2. The highest BCUT2D eigenvalue weighted by Crippen LogP contribution is 2.32. The molecular formula is C18H22F3NO. The van der Waals surface area contributed by atoms with Crippen molar-refractivity contribution in [3.05, 3.63) is 47.5 Å². The van der Waals surface area contributed by atoms with Crippen LogP contribution in [0.2, 0.25) is 0 Å². The summed E-state index contributed by atoms with van der Waals surface area (Å²) in [6, 6.07) is 5.31. The smallest absolute Gasteiger partial charge is 0.355 e. The summed E-state index contributed by atoms with van der Waals surface area (Å²) < 4.78 is 38.5. The van der Waals surface area contributed by atoms with Crippen LogP contribution in [0.3, 0.4) is 0 Å². The summed E-state index contributed by atoms with van der Waals surface area (Å²) in [5, 5.41) is 2.90. The first-order valence-corrected chi connectivity index (χ1v) is 7.80. The molecule has 0 saturated carbocycles. The van der Waals surface area contributed by atoms with Gasteiger partial charge >= 0.3 is 6.18 Å². The molecule has 0 radical (unpaired) electrons. The fraction of sp³-hybridized carbons (Fsp3) is 0.500. The average molecular weight is 325 g/mol. The molecule has 0 bridgehead atoms. The molecule has 1 amide bonds. The predicted molar refractivity (Wildman–Crippen MR) is 84.0 cm³/mol. The van der Waals surface area contributed by atoms with E-state index in [9.17, 15) is 18.0 Å². The molecule has 126 valence electrons. The van der Waals surface area contributed by atoms with E-state index in [1.54, 1.807) is 6.07 Å². The van der Waals surface area contributed by atoms with E-state index in [4.69, 9.17) is 0 Å². The number of carbonyl (C=O) groups is 1. The first kappa shape index (κ1) is 17.6. The summed E-state index contributed by atoms with van der Waals surface area (Å²) in [7, 11) is 0. The lowest BCUT2D eigenvalue weighted by molar-refractivity contribution is -0.137. The van der Waals surface area contributed by atoms with E-state index in [2.05, 4.69) is 11.4 Å². The molecule has 0 fully saturated rings. The molecule has 23 heavy (non-hydrogen) atoms. The molecule has 2 rings (SSSR count). The number of hydrogen-bond acceptors (Lipinski definition) is 1. The Labute approximate surface area is 134 Å². The van der Waals surface area contributed by atoms with Gasteiger partial charge in [0.05, 0.1) is 5.56 Å². The van der Waals surface area contributed by atoms with Crippen molar-refractivity contribution in [2.75, 3.05) is 6.54 Å². The zero-order valence-corrected chi connectivity index (χ0v) is 13.4. The van der Waals surface area contributed by atoms with Crippen molar-refractivity contribution in [1.29, 1.82) is 0 Å². The van der Waals surface area contributed by atoms with Crippen molar-refractivity contribution >= 4 is 5.91 Å². The van der Waals surface area contributed by atoms with Gasteiger partial charge in [0.1, 0.15) is 0 Å². The Morgan fingerprint density at radius 3 is 2.52 bits per heavy atom. The van der Waals surface area contributed by atoms with E-state index >= 15 is 0 Å². The van der Waals surface area contributed by atoms with Gasteiger partial charge < -0.3 is 5.32 Å². The number of nitrogens with one attached hydrogen (secondary N) is 1. The minimum Gasteiger partial charge on any atom is -0.355 e. The Bertz CT molecular complexity index is 590. The average Bonchev–Trinajstić information content (AvgIpc) is 2.53. The van der Waals surface area contributed by atoms with Crippen LogP contribution in [0, 0.1) is 5.92 Å². The van der Waals surface area contributed by atoms with Crippen LogP contribution in [0.1, 0.15) is 44.2 Å². The second-order valence-electron chi connectivity index (χ2n) is 6.66. The van der Waals surface area contributed by atoms with E-state index in [0.29, 0.717) is 12.1 Å². The zero-order chi connectivity index (χ0) is 17.1. The van der Waals surface area contributed by atoms with Crippen LogP contribution in [-0.2, 0) is 16.4 Å². The number of rotatable bonds is 4. The van der Waals surface area contributed by atoms with Gasteiger partial charge in [-0.2, -0.15) is 13.2 Å². The molecule has 1 unspecified atom stereocenters. The van der Waals surface area contributed by atoms with Crippen LogP contribution in [0.4, 0.5) is 13.2 Å². The Morgan fingerprint density at radius 2 is 1.91 bits per heavy atom. The molecule has 2 nitrogen and oxygen atoms in total. The Kier molecular flexibility index (Phi) is 5.17. The largest absolute Gasteiger partial charge is 0.416 e. The highest BCUT2D eigenvalue weighted by Gasteiger charge is 2.32. The SMILES string of the molecule is CC(C)(CNC(=O)C1CC=CCC1)c1cccc(C(F)(F)F)c1. The lowest BCUT2D eigenvalue weighted by Crippen LogP contribution is -2.40. The third kappa shape index (κ3) is 4.60. The van der Waals surface area contributed by atoms with E-state index < -0.39 is 17.2 Å². The van der Waals surface area contributed by atoms with Crippen LogP contribution < -0.4 is 5.32 Å². The summed E-state index contributed by atoms with van der Waals surface area (Å²) in [6.45, 7) is 3.99. The molecule has 1 aliphatic rings. The lowest BCUT2D eigenvalue weighted by atomic mass is 9.83. The highest BCUT2D eigenvalue weighted by molar-refractivity contribution is 5.79. The van der Waals surface area contributed by atoms with E-state index in [1.807, 2.05) is 19.9 Å². The third-order valence-corrected chi connectivity index (χ3v) is 4.32. The van der Waals surface area contributed by atoms with Crippen molar-refractivity contribution in [3.63, 3.8) is 0 Å². The molecule has 0 spiro atoms. The maximum Gasteiger partial charge on any atom is 0.416 e. The van der Waals surface area contributed by atoms with Crippen LogP contribution in [0.25, 0.3) is 0 Å². The Balaban J connectivity index is 2.03. The van der Waals surface area contributed by atoms with Gasteiger partial charge in [-0.25, -0.2) is 0 Å². The number of benzene rings is 1. The minimum absolute atomic E-state index is 0.0191. The van der Waals surface area contributed by atoms with Gasteiger partial charge in [-0.3, -0.25) is 4.79 Å². The maximum atomic E-state index is 12.8. The van der Waals surface area contributed by atoms with Crippen molar-refractivity contribution in [2.45, 2.75) is 44.7 Å². The van der Waals surface area contributed by atoms with Gasteiger partial charge in [0.2, 0.25) is 5.91 Å². The number of amides is 1. The maximum absolute atomic E-state index is 12.8. The van der Waals surface area contributed by atoms with Crippen LogP contribution in [0.15, 0.2) is 36.4 Å². The van der Waals surface area contributed by atoms with Gasteiger partial charge in [-0.15, -0.1) is 0 Å². The number of halogens is 3. The first-order chi connectivity index (χ1) is 10.7. The van der Waals surface area contributed by atoms with Crippen LogP contribution in [-0.4, -0.2) is 12.5 Å². The number of allylic oxidation sites excluding steroid dienone is 2. The lowest BCUT2D eigenvalue weighted by Gasteiger charge is -2.28. The van der Waals surface area contributed by atoms with E-state index in [1.165, 1.54) is 6.07 Å². The third-order valence-electron chi connectivity index (χ3n) is 4.32. The van der Waals surface area contributed by atoms with E-state index in [0.717, 1.165) is 31.4 Å². The molecule has 1 N–H and O–H groups in total. The van der Waals surface area contributed by atoms with Crippen LogP contribution >= 0.6 is 0 Å². The Hall–Kier alpha value is -1.78. The summed E-state index contributed by atoms with van der Waals surface area (Å²) in [5.41, 5.74) is -0.662. The first-order valence-electron chi connectivity index (χ1n) is 7.80. The summed E-state index contributed by atoms with van der Waals surface area (Å²) in [6.07, 6.45) is 2.17. The normalized spacial score (nSPS) is 18.7. The molecule has 1 aromatic carbocycles. The Morgan fingerprint density at radius 1 is 1.22 bits per heavy atom. The predicted octanol–water partition coefficient (Wildman–Crippen LogP) is 4.46. The van der Waals surface area contributed by atoms with Crippen molar-refractivity contribution < 1.29 is 18.0 Å².